The third-order valence-corrected chi connectivity index (χ3v) is 5.96. The Bertz CT molecular complexity index is 1620. The minimum absolute atomic E-state index is 0.0258. The van der Waals surface area contributed by atoms with Gasteiger partial charge in [-0.3, -0.25) is 0 Å². The summed E-state index contributed by atoms with van der Waals surface area (Å²) in [6, 6.07) is 16.0. The van der Waals surface area contributed by atoms with E-state index in [1.54, 1.807) is 48.5 Å². The Hall–Kier alpha value is -2.32. The Morgan fingerprint density at radius 3 is 1.58 bits per heavy atom. The number of rotatable bonds is 6. The molecule has 0 aliphatic heterocycles. The molecule has 0 atom stereocenters. The number of amidine groups is 2. The van der Waals surface area contributed by atoms with Gasteiger partial charge in [-0.25, -0.2) is 4.99 Å². The van der Waals surface area contributed by atoms with Crippen molar-refractivity contribution < 1.29 is 11.0 Å². The van der Waals surface area contributed by atoms with E-state index in [0.717, 1.165) is 23.9 Å². The second-order valence-corrected chi connectivity index (χ2v) is 9.28. The maximum absolute atomic E-state index is 8.31. The van der Waals surface area contributed by atoms with Gasteiger partial charge in [-0.2, -0.15) is 9.12 Å². The third-order valence-electron chi connectivity index (χ3n) is 3.87. The van der Waals surface area contributed by atoms with Crippen LogP contribution in [-0.2, 0) is 0 Å². The van der Waals surface area contributed by atoms with E-state index in [1.165, 1.54) is 0 Å². The van der Waals surface area contributed by atoms with E-state index in [4.69, 9.17) is 16.0 Å². The zero-order valence-corrected chi connectivity index (χ0v) is 21.5. The molecule has 0 N–H and O–H groups in total. The van der Waals surface area contributed by atoms with Crippen LogP contribution in [0.5, 0.6) is 0 Å². The molecule has 0 heterocycles. The Labute approximate surface area is 230 Å². The van der Waals surface area contributed by atoms with Crippen LogP contribution in [0.25, 0.3) is 0 Å². The molecule has 0 unspecified atom stereocenters. The zero-order chi connectivity index (χ0) is 29.8. The summed E-state index contributed by atoms with van der Waals surface area (Å²) < 4.78 is 74.8. The fourth-order valence-corrected chi connectivity index (χ4v) is 3.82. The van der Waals surface area contributed by atoms with Crippen molar-refractivity contribution in [1.29, 1.82) is 0 Å². The molecular weight excluding hydrogens is 578 g/mol. The van der Waals surface area contributed by atoms with Crippen LogP contribution in [0, 0.1) is 0 Å². The van der Waals surface area contributed by atoms with Gasteiger partial charge < -0.3 is 0 Å². The first kappa shape index (κ1) is 15.6. The molecule has 0 fully saturated rings. The van der Waals surface area contributed by atoms with Crippen molar-refractivity contribution in [2.75, 3.05) is 0 Å². The predicted molar refractivity (Wildman–Crippen MR) is 148 cm³/mol. The number of nitrogens with zero attached hydrogens (tertiary/aromatic N) is 3. The fraction of sp³-hybridized carbons (Fsp3) is 0. The van der Waals surface area contributed by atoms with Crippen molar-refractivity contribution >= 4 is 67.4 Å². The van der Waals surface area contributed by atoms with Gasteiger partial charge in [-0.05, 0) is 48.3 Å². The molecule has 0 aliphatic carbocycles. The third kappa shape index (κ3) is 7.33. The highest BCUT2D eigenvalue weighted by atomic mass is 79.9. The number of hydrogen-bond donors (Lipinski definition) is 0. The molecule has 0 saturated carbocycles. The van der Waals surface area contributed by atoms with Crippen molar-refractivity contribution in [3.05, 3.63) is 129 Å². The largest absolute Gasteiger partial charge is 0.207 e. The van der Waals surface area contributed by atoms with Crippen molar-refractivity contribution in [3.63, 3.8) is 0 Å². The van der Waals surface area contributed by atoms with Gasteiger partial charge in [0.05, 0.1) is 11.0 Å². The summed E-state index contributed by atoms with van der Waals surface area (Å²) in [5, 5.41) is 0. The molecule has 7 heteroatoms. The zero-order valence-electron chi connectivity index (χ0n) is 24.7. The summed E-state index contributed by atoms with van der Waals surface area (Å²) in [6.45, 7) is 0. The standard InChI is InChI=1S/C26H18Br2N3S2/c27-21-11-15-23(16-12-21)32-30-25(19-7-3-1-4-8-19)29-26(20-9-5-2-6-10-20)31-33-24-17-13-22(28)14-18-24/h1-18H/b29-25?,31-26+/i11D,12D,13D,14D,15D,16D,17D,18D. The van der Waals surface area contributed by atoms with E-state index < -0.39 is 0 Å². The van der Waals surface area contributed by atoms with E-state index in [2.05, 4.69) is 41.0 Å². The second-order valence-electron chi connectivity index (χ2n) is 6.14. The maximum Gasteiger partial charge on any atom is 0.169 e. The van der Waals surface area contributed by atoms with Crippen LogP contribution in [0.15, 0.2) is 137 Å². The van der Waals surface area contributed by atoms with Gasteiger partial charge in [0.15, 0.2) is 11.7 Å². The van der Waals surface area contributed by atoms with E-state index in [-0.39, 0.29) is 78.7 Å². The van der Waals surface area contributed by atoms with Crippen molar-refractivity contribution in [2.24, 2.45) is 9.39 Å². The molecule has 4 rings (SSSR count). The fourth-order valence-electron chi connectivity index (χ4n) is 2.39. The molecule has 163 valence electrons. The van der Waals surface area contributed by atoms with Crippen molar-refractivity contribution in [1.82, 2.24) is 4.72 Å². The van der Waals surface area contributed by atoms with Crippen LogP contribution >= 0.6 is 55.8 Å². The molecule has 0 bridgehead atoms. The smallest absolute Gasteiger partial charge is 0.169 e. The quantitative estimate of drug-likeness (QED) is 0.126. The number of hydrogen-bond acceptors (Lipinski definition) is 3. The monoisotopic (exact) mass is 602 g/mol. The average molecular weight is 604 g/mol. The van der Waals surface area contributed by atoms with Gasteiger partial charge in [0.25, 0.3) is 0 Å². The number of halogens is 2. The summed E-state index contributed by atoms with van der Waals surface area (Å²) >= 11 is 7.72. The molecule has 3 nitrogen and oxygen atoms in total. The lowest BCUT2D eigenvalue weighted by atomic mass is 10.2. The predicted octanol–water partition coefficient (Wildman–Crippen LogP) is 8.42. The molecule has 1 radical (unpaired) electrons. The summed E-state index contributed by atoms with van der Waals surface area (Å²) in [7, 11) is 0. The summed E-state index contributed by atoms with van der Waals surface area (Å²) in [5.41, 5.74) is 1.18. The van der Waals surface area contributed by atoms with E-state index >= 15 is 0 Å². The Morgan fingerprint density at radius 1 is 0.606 bits per heavy atom. The van der Waals surface area contributed by atoms with Crippen LogP contribution in [0.2, 0.25) is 0 Å². The first-order valence-corrected chi connectivity index (χ1v) is 12.5. The van der Waals surface area contributed by atoms with Crippen LogP contribution in [-0.4, -0.2) is 11.7 Å². The Balaban J connectivity index is 1.82. The summed E-state index contributed by atoms with van der Waals surface area (Å²) in [5.74, 6) is 0.350. The van der Waals surface area contributed by atoms with E-state index in [1.807, 2.05) is 12.1 Å². The first-order valence-electron chi connectivity index (χ1n) is 13.4. The molecule has 0 aromatic heterocycles. The van der Waals surface area contributed by atoms with Crippen LogP contribution in [0.1, 0.15) is 22.1 Å². The molecule has 4 aromatic rings. The van der Waals surface area contributed by atoms with Gasteiger partial charge in [0.1, 0.15) is 0 Å². The Kier molecular flexibility index (Phi) is 5.77. The minimum atomic E-state index is -0.245. The van der Waals surface area contributed by atoms with E-state index in [9.17, 15) is 0 Å². The van der Waals surface area contributed by atoms with Gasteiger partial charge in [0.2, 0.25) is 0 Å². The molecular formula is C26H18Br2N3S2. The molecule has 4 aromatic carbocycles. The minimum Gasteiger partial charge on any atom is -0.207 e. The number of aliphatic imine (C=N–C) groups is 1. The average Bonchev–Trinajstić information content (AvgIpc) is 3.00. The normalized spacial score (nSPS) is 15.3. The van der Waals surface area contributed by atoms with Crippen LogP contribution in [0.3, 0.4) is 0 Å². The molecule has 0 saturated heterocycles. The van der Waals surface area contributed by atoms with Crippen molar-refractivity contribution in [3.8, 4) is 0 Å². The SMILES string of the molecule is [2H]c1c([2H])c(S[N]C(=N/C(=N/Sc2c([2H])c([2H])c(Br)c([2H])c2[2H])c2ccccc2)c2ccccc2)c([2H])c([2H])c1Br. The van der Waals surface area contributed by atoms with E-state index in [0.29, 0.717) is 11.1 Å². The van der Waals surface area contributed by atoms with Gasteiger partial charge >= 0.3 is 0 Å². The molecule has 0 amide bonds. The summed E-state index contributed by atoms with van der Waals surface area (Å²) in [4.78, 5) is 4.75. The molecule has 0 spiro atoms. The highest BCUT2D eigenvalue weighted by Gasteiger charge is 2.11. The summed E-state index contributed by atoms with van der Waals surface area (Å²) in [6.07, 6.45) is 0. The number of benzene rings is 4. The lowest BCUT2D eigenvalue weighted by Crippen LogP contribution is -2.14. The van der Waals surface area contributed by atoms with Crippen molar-refractivity contribution in [2.45, 2.75) is 9.79 Å². The second kappa shape index (κ2) is 12.2. The van der Waals surface area contributed by atoms with Crippen LogP contribution < -0.4 is 4.72 Å². The van der Waals surface area contributed by atoms with Gasteiger partial charge in [-0.15, -0.1) is 0 Å². The van der Waals surface area contributed by atoms with Crippen LogP contribution in [0.4, 0.5) is 0 Å². The topological polar surface area (TPSA) is 38.8 Å². The highest BCUT2D eigenvalue weighted by Crippen LogP contribution is 2.24. The maximum atomic E-state index is 8.31. The van der Waals surface area contributed by atoms with Gasteiger partial charge in [0, 0.05) is 53.8 Å². The van der Waals surface area contributed by atoms with Gasteiger partial charge in [-0.1, -0.05) is 92.5 Å². The lowest BCUT2D eigenvalue weighted by molar-refractivity contribution is 1.36. The molecule has 0 aliphatic rings. The lowest BCUT2D eigenvalue weighted by Gasteiger charge is -2.09. The molecule has 33 heavy (non-hydrogen) atoms. The first-order chi connectivity index (χ1) is 19.5. The highest BCUT2D eigenvalue weighted by molar-refractivity contribution is 9.10. The Morgan fingerprint density at radius 2 is 1.06 bits per heavy atom.